The topological polar surface area (TPSA) is 57.6 Å². The van der Waals surface area contributed by atoms with Crippen molar-refractivity contribution in [1.82, 2.24) is 10.2 Å². The molecule has 0 bridgehead atoms. The number of piperidine rings is 1. The summed E-state index contributed by atoms with van der Waals surface area (Å²) in [6, 6.07) is 0. The van der Waals surface area contributed by atoms with Crippen LogP contribution in [-0.4, -0.2) is 61.8 Å². The summed E-state index contributed by atoms with van der Waals surface area (Å²) in [5.41, 5.74) is -0.114. The molecule has 5 nitrogen and oxygen atoms in total. The van der Waals surface area contributed by atoms with Crippen LogP contribution < -0.4 is 5.32 Å². The van der Waals surface area contributed by atoms with E-state index in [0.29, 0.717) is 18.3 Å². The third-order valence-electron chi connectivity index (χ3n) is 5.27. The molecule has 2 aliphatic rings. The predicted molar refractivity (Wildman–Crippen MR) is 96.1 cm³/mol. The molecule has 2 N–H and O–H groups in total. The molecule has 0 aromatic carbocycles. The van der Waals surface area contributed by atoms with E-state index in [0.717, 1.165) is 32.6 Å². The minimum absolute atomic E-state index is 0.400. The Morgan fingerprint density at radius 2 is 1.83 bits per heavy atom. The highest BCUT2D eigenvalue weighted by molar-refractivity contribution is 6.60. The van der Waals surface area contributed by atoms with Crippen molar-refractivity contribution in [1.29, 1.82) is 5.41 Å². The maximum Gasteiger partial charge on any atom is 0.497 e. The van der Waals surface area contributed by atoms with Gasteiger partial charge in [0.2, 0.25) is 0 Å². The minimum Gasteiger partial charge on any atom is -0.399 e. The molecule has 2 saturated heterocycles. The summed E-state index contributed by atoms with van der Waals surface area (Å²) in [5.74, 6) is 0. The van der Waals surface area contributed by atoms with Crippen LogP contribution >= 0.6 is 0 Å². The first-order valence-corrected chi connectivity index (χ1v) is 8.91. The average molecular weight is 339 g/mol. The molecule has 0 amide bonds. The van der Waals surface area contributed by atoms with Crippen molar-refractivity contribution in [2.75, 3.05) is 26.2 Å². The molecule has 0 aliphatic carbocycles. The van der Waals surface area contributed by atoms with Crippen LogP contribution in [0.4, 0.5) is 4.39 Å². The van der Waals surface area contributed by atoms with Crippen LogP contribution in [0.2, 0.25) is 0 Å². The minimum atomic E-state index is -0.614. The fourth-order valence-electron chi connectivity index (χ4n) is 2.88. The van der Waals surface area contributed by atoms with Crippen LogP contribution in [0.1, 0.15) is 47.0 Å². The lowest BCUT2D eigenvalue weighted by molar-refractivity contribution is 0.00578. The molecular weight excluding hydrogens is 308 g/mol. The Bertz CT molecular complexity index is 447. The van der Waals surface area contributed by atoms with Gasteiger partial charge in [0.25, 0.3) is 0 Å². The molecule has 0 aromatic heterocycles. The smallest absolute Gasteiger partial charge is 0.399 e. The average Bonchev–Trinajstić information content (AvgIpc) is 2.73. The van der Waals surface area contributed by atoms with E-state index < -0.39 is 24.5 Å². The summed E-state index contributed by atoms with van der Waals surface area (Å²) in [5, 5.41) is 10.8. The maximum atomic E-state index is 13.1. The molecule has 24 heavy (non-hydrogen) atoms. The van der Waals surface area contributed by atoms with Crippen molar-refractivity contribution in [3.8, 4) is 0 Å². The molecule has 0 atom stereocenters. The van der Waals surface area contributed by atoms with Gasteiger partial charge in [-0.05, 0) is 59.7 Å². The van der Waals surface area contributed by atoms with E-state index in [-0.39, 0.29) is 0 Å². The Morgan fingerprint density at radius 3 is 2.38 bits per heavy atom. The molecule has 136 valence electrons. The first-order valence-electron chi connectivity index (χ1n) is 8.91. The van der Waals surface area contributed by atoms with Crippen molar-refractivity contribution >= 4 is 13.3 Å². The van der Waals surface area contributed by atoms with E-state index in [1.165, 1.54) is 6.21 Å². The molecule has 2 rings (SSSR count). The van der Waals surface area contributed by atoms with Crippen LogP contribution in [0.15, 0.2) is 11.7 Å². The van der Waals surface area contributed by atoms with E-state index in [9.17, 15) is 4.39 Å². The van der Waals surface area contributed by atoms with Crippen molar-refractivity contribution in [3.63, 3.8) is 0 Å². The molecule has 0 radical (unpaired) electrons. The van der Waals surface area contributed by atoms with Crippen LogP contribution in [0.5, 0.6) is 0 Å². The second-order valence-corrected chi connectivity index (χ2v) is 7.70. The molecule has 2 heterocycles. The third kappa shape index (κ3) is 4.80. The maximum absolute atomic E-state index is 13.1. The summed E-state index contributed by atoms with van der Waals surface area (Å²) in [7, 11) is -0.511. The molecule has 2 fully saturated rings. The largest absolute Gasteiger partial charge is 0.497 e. The van der Waals surface area contributed by atoms with Gasteiger partial charge in [0.05, 0.1) is 11.2 Å². The zero-order valence-corrected chi connectivity index (χ0v) is 15.4. The summed E-state index contributed by atoms with van der Waals surface area (Å²) < 4.78 is 25.0. The van der Waals surface area contributed by atoms with Crippen molar-refractivity contribution < 1.29 is 13.7 Å². The Morgan fingerprint density at radius 1 is 1.25 bits per heavy atom. The highest BCUT2D eigenvalue weighted by atomic mass is 19.1. The van der Waals surface area contributed by atoms with Crippen LogP contribution in [0.3, 0.4) is 0 Å². The lowest BCUT2D eigenvalue weighted by Crippen LogP contribution is -2.41. The van der Waals surface area contributed by atoms with E-state index in [1.54, 1.807) is 0 Å². The number of nitrogens with zero attached hydrogens (tertiary/aromatic N) is 1. The molecule has 7 heteroatoms. The lowest BCUT2D eigenvalue weighted by Gasteiger charge is -2.32. The van der Waals surface area contributed by atoms with Gasteiger partial charge in [0.15, 0.2) is 0 Å². The number of allylic oxidation sites excluding steroid dienone is 1. The number of rotatable bonds is 7. The third-order valence-corrected chi connectivity index (χ3v) is 5.27. The van der Waals surface area contributed by atoms with E-state index in [2.05, 4.69) is 10.2 Å². The number of hydrogen-bond acceptors (Lipinski definition) is 5. The van der Waals surface area contributed by atoms with E-state index >= 15 is 0 Å². The first kappa shape index (κ1) is 19.4. The molecule has 0 aromatic rings. The standard InChI is InChI=1S/C17H31BFN3O2/c1-16(2)17(3,4)24-18(23-16)14(12-20)13-21-8-5-9-22-10-6-15(19)7-11-22/h12-13,15,20-21H,5-11H2,1-4H3/b14-13+,20-12?. The Kier molecular flexibility index (Phi) is 6.45. The van der Waals surface area contributed by atoms with Gasteiger partial charge in [-0.2, -0.15) is 0 Å². The summed E-state index contributed by atoms with van der Waals surface area (Å²) >= 11 is 0. The normalized spacial score (nSPS) is 25.0. The van der Waals surface area contributed by atoms with Gasteiger partial charge in [-0.15, -0.1) is 0 Å². The fraction of sp³-hybridized carbons (Fsp3) is 0.824. The Hall–Kier alpha value is -0.915. The molecule has 0 saturated carbocycles. The summed E-state index contributed by atoms with van der Waals surface area (Å²) in [4.78, 5) is 2.31. The van der Waals surface area contributed by atoms with Gasteiger partial charge >= 0.3 is 7.12 Å². The van der Waals surface area contributed by atoms with Crippen molar-refractivity contribution in [3.05, 3.63) is 11.7 Å². The first-order chi connectivity index (χ1) is 11.2. The second-order valence-electron chi connectivity index (χ2n) is 7.70. The van der Waals surface area contributed by atoms with Gasteiger partial charge in [-0.25, -0.2) is 4.39 Å². The van der Waals surface area contributed by atoms with Gasteiger partial charge in [0.1, 0.15) is 6.17 Å². The Balaban J connectivity index is 1.73. The number of nitrogens with one attached hydrogen (secondary N) is 2. The van der Waals surface area contributed by atoms with Crippen molar-refractivity contribution in [2.45, 2.75) is 64.3 Å². The molecule has 2 aliphatic heterocycles. The Labute approximate surface area is 145 Å². The fourth-order valence-corrected chi connectivity index (χ4v) is 2.88. The summed E-state index contributed by atoms with van der Waals surface area (Å²) in [6.07, 6.45) is 4.78. The van der Waals surface area contributed by atoms with Gasteiger partial charge in [-0.1, -0.05) is 0 Å². The number of hydrogen-bond donors (Lipinski definition) is 2. The zero-order chi connectivity index (χ0) is 17.8. The van der Waals surface area contributed by atoms with E-state index in [4.69, 9.17) is 14.7 Å². The highest BCUT2D eigenvalue weighted by Gasteiger charge is 2.52. The van der Waals surface area contributed by atoms with Crippen LogP contribution in [0.25, 0.3) is 0 Å². The van der Waals surface area contributed by atoms with Crippen LogP contribution in [0, 0.1) is 5.41 Å². The monoisotopic (exact) mass is 339 g/mol. The summed E-state index contributed by atoms with van der Waals surface area (Å²) in [6.45, 7) is 11.5. The SMILES string of the molecule is CC1(C)OB(/C(C=N)=C/NCCCN2CCC(F)CC2)OC1(C)C. The van der Waals surface area contributed by atoms with Crippen LogP contribution in [-0.2, 0) is 9.31 Å². The highest BCUT2D eigenvalue weighted by Crippen LogP contribution is 2.38. The number of likely N-dealkylation sites (tertiary alicyclic amines) is 1. The number of halogens is 1. The van der Waals surface area contributed by atoms with Gasteiger partial charge in [-0.3, -0.25) is 0 Å². The predicted octanol–water partition coefficient (Wildman–Crippen LogP) is 2.56. The van der Waals surface area contributed by atoms with Gasteiger partial charge in [0, 0.05) is 31.3 Å². The quantitative estimate of drug-likeness (QED) is 0.425. The second kappa shape index (κ2) is 7.98. The molecule has 0 unspecified atom stereocenters. The van der Waals surface area contributed by atoms with Gasteiger partial charge < -0.3 is 24.9 Å². The van der Waals surface area contributed by atoms with E-state index in [1.807, 2.05) is 33.9 Å². The number of alkyl halides is 1. The lowest BCUT2D eigenvalue weighted by atomic mass is 9.79. The van der Waals surface area contributed by atoms with Crippen molar-refractivity contribution in [2.24, 2.45) is 0 Å². The molecular formula is C17H31BFN3O2. The zero-order valence-electron chi connectivity index (χ0n) is 15.4. The molecule has 0 spiro atoms.